The molecular weight excluding hydrogens is 230 g/mol. The molecule has 0 aromatic carbocycles. The lowest BCUT2D eigenvalue weighted by molar-refractivity contribution is -0.382. The number of hydrogen-bond donors (Lipinski definition) is 0. The number of nitrogens with zero attached hydrogens (tertiary/aromatic N) is 3. The number of rotatable bonds is 1. The van der Waals surface area contributed by atoms with Gasteiger partial charge in [-0.15, -0.1) is 0 Å². The normalized spacial score (nSPS) is 24.7. The Morgan fingerprint density at radius 2 is 2.19 bits per heavy atom. The Kier molecular flexibility index (Phi) is 2.14. The van der Waals surface area contributed by atoms with Crippen molar-refractivity contribution in [3.63, 3.8) is 0 Å². The Morgan fingerprint density at radius 3 is 2.81 bits per heavy atom. The standard InChI is InChI=1S/C10H10ClN3O2/c1-5-7(10-15-6(2)16-10)3-14-8(5)9(11)12-4-13-14/h3-4,6,10H,1-2H3. The third-order valence-electron chi connectivity index (χ3n) is 2.71. The van der Waals surface area contributed by atoms with E-state index in [-0.39, 0.29) is 12.6 Å². The highest BCUT2D eigenvalue weighted by Gasteiger charge is 2.31. The maximum absolute atomic E-state index is 6.02. The molecule has 1 saturated heterocycles. The van der Waals surface area contributed by atoms with Crippen LogP contribution in [0.15, 0.2) is 12.5 Å². The smallest absolute Gasteiger partial charge is 0.191 e. The largest absolute Gasteiger partial charge is 0.319 e. The molecule has 1 fully saturated rings. The van der Waals surface area contributed by atoms with E-state index in [9.17, 15) is 0 Å². The van der Waals surface area contributed by atoms with E-state index >= 15 is 0 Å². The molecule has 0 atom stereocenters. The lowest BCUT2D eigenvalue weighted by Crippen LogP contribution is -2.31. The molecule has 3 rings (SSSR count). The minimum absolute atomic E-state index is 0.144. The Bertz CT molecular complexity index is 548. The van der Waals surface area contributed by atoms with Crippen LogP contribution in [0.1, 0.15) is 24.3 Å². The molecule has 0 unspecified atom stereocenters. The summed E-state index contributed by atoms with van der Waals surface area (Å²) in [6, 6.07) is 0. The molecule has 0 radical (unpaired) electrons. The van der Waals surface area contributed by atoms with Gasteiger partial charge in [0.05, 0.1) is 0 Å². The first-order chi connectivity index (χ1) is 7.66. The molecule has 0 N–H and O–H groups in total. The summed E-state index contributed by atoms with van der Waals surface area (Å²) in [7, 11) is 0. The average Bonchev–Trinajstić information content (AvgIpc) is 2.53. The van der Waals surface area contributed by atoms with Gasteiger partial charge in [-0.25, -0.2) is 9.50 Å². The predicted octanol–water partition coefficient (Wildman–Crippen LogP) is 2.08. The molecule has 5 nitrogen and oxygen atoms in total. The number of aromatic nitrogens is 3. The fraction of sp³-hybridized carbons (Fsp3) is 0.400. The Balaban J connectivity index is 2.13. The van der Waals surface area contributed by atoms with Gasteiger partial charge in [-0.1, -0.05) is 11.6 Å². The molecule has 1 aliphatic rings. The lowest BCUT2D eigenvalue weighted by atomic mass is 10.2. The van der Waals surface area contributed by atoms with E-state index < -0.39 is 0 Å². The van der Waals surface area contributed by atoms with Gasteiger partial charge >= 0.3 is 0 Å². The fourth-order valence-corrected chi connectivity index (χ4v) is 2.15. The van der Waals surface area contributed by atoms with E-state index in [2.05, 4.69) is 10.1 Å². The summed E-state index contributed by atoms with van der Waals surface area (Å²) in [5.74, 6) is 0. The van der Waals surface area contributed by atoms with Gasteiger partial charge < -0.3 is 9.47 Å². The van der Waals surface area contributed by atoms with Crippen LogP contribution in [0.3, 0.4) is 0 Å². The number of ether oxygens (including phenoxy) is 2. The van der Waals surface area contributed by atoms with Crippen molar-refractivity contribution in [2.24, 2.45) is 0 Å². The molecule has 6 heteroatoms. The molecule has 2 aromatic heterocycles. The number of halogens is 1. The summed E-state index contributed by atoms with van der Waals surface area (Å²) in [5.41, 5.74) is 2.73. The van der Waals surface area contributed by atoms with Crippen LogP contribution in [-0.4, -0.2) is 20.9 Å². The number of hydrogen-bond acceptors (Lipinski definition) is 4. The Hall–Kier alpha value is -1.17. The summed E-state index contributed by atoms with van der Waals surface area (Å²) < 4.78 is 12.6. The summed E-state index contributed by atoms with van der Waals surface area (Å²) in [4.78, 5) is 3.95. The van der Waals surface area contributed by atoms with E-state index in [1.807, 2.05) is 20.0 Å². The topological polar surface area (TPSA) is 48.7 Å². The Labute approximate surface area is 96.9 Å². The van der Waals surface area contributed by atoms with Crippen LogP contribution in [0, 0.1) is 6.92 Å². The molecule has 0 saturated carbocycles. The van der Waals surface area contributed by atoms with Crippen molar-refractivity contribution in [3.8, 4) is 0 Å². The third-order valence-corrected chi connectivity index (χ3v) is 2.98. The minimum Gasteiger partial charge on any atom is -0.319 e. The zero-order valence-electron chi connectivity index (χ0n) is 8.85. The first kappa shape index (κ1) is 10.0. The van der Waals surface area contributed by atoms with Crippen LogP contribution in [-0.2, 0) is 9.47 Å². The van der Waals surface area contributed by atoms with Gasteiger partial charge in [0, 0.05) is 11.8 Å². The van der Waals surface area contributed by atoms with Crippen molar-refractivity contribution in [3.05, 3.63) is 28.8 Å². The first-order valence-electron chi connectivity index (χ1n) is 4.96. The fourth-order valence-electron chi connectivity index (χ4n) is 1.88. The Morgan fingerprint density at radius 1 is 1.44 bits per heavy atom. The SMILES string of the molecule is Cc1c(C2OC(C)O2)cn2ncnc(Cl)c12. The van der Waals surface area contributed by atoms with Gasteiger partial charge in [-0.05, 0) is 19.4 Å². The molecule has 0 bridgehead atoms. The maximum Gasteiger partial charge on any atom is 0.191 e. The van der Waals surface area contributed by atoms with Crippen LogP contribution < -0.4 is 0 Å². The zero-order chi connectivity index (χ0) is 11.3. The van der Waals surface area contributed by atoms with Crippen LogP contribution >= 0.6 is 11.6 Å². The summed E-state index contributed by atoms with van der Waals surface area (Å²) in [6.45, 7) is 3.81. The van der Waals surface area contributed by atoms with E-state index in [1.165, 1.54) is 6.33 Å². The average molecular weight is 240 g/mol. The van der Waals surface area contributed by atoms with Crippen molar-refractivity contribution in [1.29, 1.82) is 0 Å². The summed E-state index contributed by atoms with van der Waals surface area (Å²) >= 11 is 6.02. The van der Waals surface area contributed by atoms with Gasteiger partial charge in [0.2, 0.25) is 0 Å². The van der Waals surface area contributed by atoms with Gasteiger partial charge in [0.15, 0.2) is 17.7 Å². The molecule has 0 amide bonds. The number of aryl methyl sites for hydroxylation is 1. The molecule has 84 valence electrons. The second kappa shape index (κ2) is 3.41. The highest BCUT2D eigenvalue weighted by atomic mass is 35.5. The van der Waals surface area contributed by atoms with E-state index in [0.717, 1.165) is 16.6 Å². The van der Waals surface area contributed by atoms with Gasteiger partial charge in [-0.3, -0.25) is 0 Å². The summed E-state index contributed by atoms with van der Waals surface area (Å²) in [5, 5.41) is 4.53. The van der Waals surface area contributed by atoms with E-state index in [1.54, 1.807) is 4.52 Å². The number of fused-ring (bicyclic) bond motifs is 1. The lowest BCUT2D eigenvalue weighted by Gasteiger charge is -2.33. The van der Waals surface area contributed by atoms with Crippen LogP contribution in [0.4, 0.5) is 0 Å². The van der Waals surface area contributed by atoms with Crippen molar-refractivity contribution >= 4 is 17.1 Å². The molecule has 0 aliphatic carbocycles. The zero-order valence-corrected chi connectivity index (χ0v) is 9.60. The van der Waals surface area contributed by atoms with Crippen molar-refractivity contribution in [2.45, 2.75) is 26.4 Å². The van der Waals surface area contributed by atoms with Gasteiger partial charge in [0.25, 0.3) is 0 Å². The molecular formula is C10H10ClN3O2. The van der Waals surface area contributed by atoms with Crippen LogP contribution in [0.5, 0.6) is 0 Å². The quantitative estimate of drug-likeness (QED) is 0.765. The van der Waals surface area contributed by atoms with E-state index in [0.29, 0.717) is 5.15 Å². The van der Waals surface area contributed by atoms with Crippen molar-refractivity contribution < 1.29 is 9.47 Å². The minimum atomic E-state index is -0.312. The second-order valence-corrected chi connectivity index (χ2v) is 4.08. The van der Waals surface area contributed by atoms with Crippen LogP contribution in [0.2, 0.25) is 5.15 Å². The van der Waals surface area contributed by atoms with E-state index in [4.69, 9.17) is 21.1 Å². The molecule has 0 spiro atoms. The maximum atomic E-state index is 6.02. The third kappa shape index (κ3) is 1.32. The molecule has 2 aromatic rings. The first-order valence-corrected chi connectivity index (χ1v) is 5.34. The molecule has 3 heterocycles. The van der Waals surface area contributed by atoms with Gasteiger partial charge in [0.1, 0.15) is 11.8 Å². The highest BCUT2D eigenvalue weighted by molar-refractivity contribution is 6.32. The summed E-state index contributed by atoms with van der Waals surface area (Å²) in [6.07, 6.45) is 2.82. The molecule has 16 heavy (non-hydrogen) atoms. The predicted molar refractivity (Wildman–Crippen MR) is 57.1 cm³/mol. The molecule has 1 aliphatic heterocycles. The van der Waals surface area contributed by atoms with Crippen LogP contribution in [0.25, 0.3) is 5.52 Å². The monoisotopic (exact) mass is 239 g/mol. The van der Waals surface area contributed by atoms with Crippen molar-refractivity contribution in [1.82, 2.24) is 14.6 Å². The second-order valence-electron chi connectivity index (χ2n) is 3.73. The van der Waals surface area contributed by atoms with Crippen molar-refractivity contribution in [2.75, 3.05) is 0 Å². The highest BCUT2D eigenvalue weighted by Crippen LogP contribution is 2.36. The van der Waals surface area contributed by atoms with Gasteiger partial charge in [-0.2, -0.15) is 5.10 Å².